The van der Waals surface area contributed by atoms with Gasteiger partial charge in [-0.15, -0.1) is 0 Å². The lowest BCUT2D eigenvalue weighted by Crippen LogP contribution is -2.35. The number of rotatable bonds is 6. The van der Waals surface area contributed by atoms with Gasteiger partial charge in [0.2, 0.25) is 0 Å². The molecule has 1 saturated heterocycles. The summed E-state index contributed by atoms with van der Waals surface area (Å²) in [5, 5.41) is 1.13. The Hall–Kier alpha value is -3.13. The second-order valence-electron chi connectivity index (χ2n) is 7.46. The number of benzene rings is 2. The van der Waals surface area contributed by atoms with Crippen LogP contribution in [0.5, 0.6) is 0 Å². The highest BCUT2D eigenvalue weighted by atomic mass is 35.5. The third kappa shape index (κ3) is 4.73. The lowest BCUT2D eigenvalue weighted by molar-refractivity contribution is -0.140. The Morgan fingerprint density at radius 1 is 1.12 bits per heavy atom. The Balaban J connectivity index is 1.71. The summed E-state index contributed by atoms with van der Waals surface area (Å²) in [6.45, 7) is 1.83. The molecule has 9 heteroatoms. The number of anilines is 1. The van der Waals surface area contributed by atoms with Gasteiger partial charge in [0.05, 0.1) is 17.8 Å². The van der Waals surface area contributed by atoms with Gasteiger partial charge in [-0.25, -0.2) is 0 Å². The van der Waals surface area contributed by atoms with Gasteiger partial charge in [-0.2, -0.15) is 0 Å². The summed E-state index contributed by atoms with van der Waals surface area (Å²) in [5.41, 5.74) is 2.59. The molecule has 1 fully saturated rings. The molecular weight excluding hydrogens is 495 g/mol. The number of aryl methyl sites for hydroxylation is 1. The molecule has 2 heterocycles. The van der Waals surface area contributed by atoms with Crippen LogP contribution in [0.3, 0.4) is 0 Å². The minimum absolute atomic E-state index is 0.179. The third-order valence-electron chi connectivity index (χ3n) is 5.36. The normalized spacial score (nSPS) is 14.9. The largest absolute Gasteiger partial charge is 0.468 e. The SMILES string of the molecule is CCc1ccc(N2C(=O)/C(=C/c3ccc(-c4ccc(Cl)cc4Cl)o3)N(CC(=O)OC)C2=S)cc1. The zero-order chi connectivity index (χ0) is 24.4. The molecular formula is C25H20Cl2N2O4S. The fourth-order valence-corrected chi connectivity index (χ4v) is 4.39. The van der Waals surface area contributed by atoms with Crippen LogP contribution in [-0.4, -0.2) is 35.5 Å². The van der Waals surface area contributed by atoms with E-state index in [0.717, 1.165) is 12.0 Å². The standard InChI is InChI=1S/C25H20Cl2N2O4S/c1-3-15-4-7-17(8-5-15)29-24(31)21(28(25(29)34)14-23(30)32-2)13-18-9-11-22(33-18)19-10-6-16(26)12-20(19)27/h4-13H,3,14H2,1-2H3/b21-13-. The van der Waals surface area contributed by atoms with Crippen molar-refractivity contribution in [3.05, 3.63) is 81.7 Å². The van der Waals surface area contributed by atoms with Crippen LogP contribution in [0.4, 0.5) is 5.69 Å². The topological polar surface area (TPSA) is 63.0 Å². The molecule has 1 aromatic heterocycles. The number of carbonyl (C=O) groups excluding carboxylic acids is 2. The fourth-order valence-electron chi connectivity index (χ4n) is 3.53. The molecule has 0 unspecified atom stereocenters. The molecule has 6 nitrogen and oxygen atoms in total. The van der Waals surface area contributed by atoms with Gasteiger partial charge in [-0.1, -0.05) is 42.3 Å². The first-order chi connectivity index (χ1) is 16.3. The van der Waals surface area contributed by atoms with Gasteiger partial charge in [0.25, 0.3) is 5.91 Å². The molecule has 0 saturated carbocycles. The van der Waals surface area contributed by atoms with E-state index in [2.05, 4.69) is 6.92 Å². The molecule has 0 radical (unpaired) electrons. The summed E-state index contributed by atoms with van der Waals surface area (Å²) in [4.78, 5) is 28.3. The summed E-state index contributed by atoms with van der Waals surface area (Å²) >= 11 is 17.8. The van der Waals surface area contributed by atoms with E-state index in [0.29, 0.717) is 32.8 Å². The van der Waals surface area contributed by atoms with Gasteiger partial charge in [0, 0.05) is 16.7 Å². The van der Waals surface area contributed by atoms with Gasteiger partial charge >= 0.3 is 5.97 Å². The molecule has 174 valence electrons. The summed E-state index contributed by atoms with van der Waals surface area (Å²) in [6, 6.07) is 16.1. The van der Waals surface area contributed by atoms with E-state index in [-0.39, 0.29) is 23.3 Å². The maximum absolute atomic E-state index is 13.4. The van der Waals surface area contributed by atoms with Crippen LogP contribution in [0.2, 0.25) is 10.0 Å². The molecule has 3 aromatic rings. The van der Waals surface area contributed by atoms with Crippen LogP contribution < -0.4 is 4.90 Å². The summed E-state index contributed by atoms with van der Waals surface area (Å²) in [5.74, 6) is -0.00350. The Morgan fingerprint density at radius 2 is 1.85 bits per heavy atom. The first-order valence-electron chi connectivity index (χ1n) is 10.4. The fraction of sp³-hybridized carbons (Fsp3) is 0.160. The zero-order valence-electron chi connectivity index (χ0n) is 18.4. The summed E-state index contributed by atoms with van der Waals surface area (Å²) in [7, 11) is 1.28. The van der Waals surface area contributed by atoms with Crippen molar-refractivity contribution in [2.45, 2.75) is 13.3 Å². The highest BCUT2D eigenvalue weighted by Gasteiger charge is 2.40. The molecule has 1 aliphatic heterocycles. The van der Waals surface area contributed by atoms with Crippen LogP contribution in [-0.2, 0) is 20.7 Å². The maximum Gasteiger partial charge on any atom is 0.325 e. The molecule has 34 heavy (non-hydrogen) atoms. The average molecular weight is 515 g/mol. The van der Waals surface area contributed by atoms with E-state index in [1.54, 1.807) is 36.4 Å². The van der Waals surface area contributed by atoms with Crippen LogP contribution in [0.25, 0.3) is 17.4 Å². The molecule has 0 aliphatic carbocycles. The first-order valence-corrected chi connectivity index (χ1v) is 11.6. The molecule has 0 bridgehead atoms. The second-order valence-corrected chi connectivity index (χ2v) is 8.67. The lowest BCUT2D eigenvalue weighted by atomic mass is 10.1. The number of carbonyl (C=O) groups is 2. The highest BCUT2D eigenvalue weighted by molar-refractivity contribution is 7.80. The number of hydrogen-bond acceptors (Lipinski definition) is 5. The van der Waals surface area contributed by atoms with Gasteiger partial charge in [0.1, 0.15) is 23.8 Å². The van der Waals surface area contributed by atoms with Crippen molar-refractivity contribution >= 4 is 64.2 Å². The minimum Gasteiger partial charge on any atom is -0.468 e. The van der Waals surface area contributed by atoms with Crippen LogP contribution in [0, 0.1) is 0 Å². The maximum atomic E-state index is 13.4. The molecule has 4 rings (SSSR count). The van der Waals surface area contributed by atoms with E-state index in [1.165, 1.54) is 16.9 Å². The van der Waals surface area contributed by atoms with Crippen LogP contribution >= 0.6 is 35.4 Å². The number of hydrogen-bond donors (Lipinski definition) is 0. The Bertz CT molecular complexity index is 1300. The van der Waals surface area contributed by atoms with Crippen LogP contribution in [0.15, 0.2) is 64.7 Å². The second kappa shape index (κ2) is 10.0. The average Bonchev–Trinajstić information content (AvgIpc) is 3.37. The van der Waals surface area contributed by atoms with E-state index >= 15 is 0 Å². The number of thiocarbonyl (C=S) groups is 1. The van der Waals surface area contributed by atoms with E-state index in [4.69, 9.17) is 44.6 Å². The summed E-state index contributed by atoms with van der Waals surface area (Å²) in [6.07, 6.45) is 2.42. The Labute approximate surface area is 212 Å². The third-order valence-corrected chi connectivity index (χ3v) is 6.31. The number of ether oxygens (including phenoxy) is 1. The van der Waals surface area contributed by atoms with E-state index in [9.17, 15) is 9.59 Å². The Kier molecular flexibility index (Phi) is 7.07. The van der Waals surface area contributed by atoms with Gasteiger partial charge in [-0.05, 0) is 66.7 Å². The van der Waals surface area contributed by atoms with Crippen molar-refractivity contribution in [2.24, 2.45) is 0 Å². The molecule has 0 atom stereocenters. The minimum atomic E-state index is -0.530. The van der Waals surface area contributed by atoms with Crippen molar-refractivity contribution in [1.29, 1.82) is 0 Å². The van der Waals surface area contributed by atoms with Crippen molar-refractivity contribution in [2.75, 3.05) is 18.6 Å². The van der Waals surface area contributed by atoms with Crippen molar-refractivity contribution in [3.8, 4) is 11.3 Å². The smallest absolute Gasteiger partial charge is 0.325 e. The van der Waals surface area contributed by atoms with Gasteiger partial charge in [0.15, 0.2) is 5.11 Å². The molecule has 1 amide bonds. The lowest BCUT2D eigenvalue weighted by Gasteiger charge is -2.19. The van der Waals surface area contributed by atoms with Crippen LogP contribution in [0.1, 0.15) is 18.2 Å². The van der Waals surface area contributed by atoms with E-state index < -0.39 is 5.97 Å². The molecule has 0 N–H and O–H groups in total. The molecule has 0 spiro atoms. The monoisotopic (exact) mass is 514 g/mol. The number of methoxy groups -OCH3 is 1. The van der Waals surface area contributed by atoms with Crippen molar-refractivity contribution in [3.63, 3.8) is 0 Å². The van der Waals surface area contributed by atoms with Gasteiger partial charge in [-0.3, -0.25) is 14.5 Å². The predicted octanol–water partition coefficient (Wildman–Crippen LogP) is 5.96. The van der Waals surface area contributed by atoms with Gasteiger partial charge < -0.3 is 14.1 Å². The quantitative estimate of drug-likeness (QED) is 0.229. The number of amides is 1. The Morgan fingerprint density at radius 3 is 2.50 bits per heavy atom. The first kappa shape index (κ1) is 24.0. The number of esters is 1. The summed E-state index contributed by atoms with van der Waals surface area (Å²) < 4.78 is 10.7. The number of nitrogens with zero attached hydrogens (tertiary/aromatic N) is 2. The number of halogens is 2. The molecule has 1 aliphatic rings. The van der Waals surface area contributed by atoms with E-state index in [1.807, 2.05) is 24.3 Å². The predicted molar refractivity (Wildman–Crippen MR) is 137 cm³/mol. The highest BCUT2D eigenvalue weighted by Crippen LogP contribution is 2.34. The number of furan rings is 1. The molecule has 2 aromatic carbocycles. The van der Waals surface area contributed by atoms with Crippen molar-refractivity contribution in [1.82, 2.24) is 4.90 Å². The van der Waals surface area contributed by atoms with Crippen molar-refractivity contribution < 1.29 is 18.7 Å². The zero-order valence-corrected chi connectivity index (χ0v) is 20.7.